The molecule has 0 aromatic heterocycles. The van der Waals surface area contributed by atoms with Crippen LogP contribution in [0.15, 0.2) is 18.2 Å². The number of aryl methyl sites for hydroxylation is 1. The molecule has 0 atom stereocenters. The molecule has 0 unspecified atom stereocenters. The Morgan fingerprint density at radius 2 is 2.11 bits per heavy atom. The van der Waals surface area contributed by atoms with Crippen LogP contribution in [-0.2, 0) is 10.0 Å². The van der Waals surface area contributed by atoms with Crippen molar-refractivity contribution in [2.45, 2.75) is 13.8 Å². The molecule has 0 aliphatic carbocycles. The number of nitrogens with zero attached hydrogens (tertiary/aromatic N) is 1. The van der Waals surface area contributed by atoms with Gasteiger partial charge in [0.2, 0.25) is 10.0 Å². The van der Waals surface area contributed by atoms with Crippen LogP contribution in [0.25, 0.3) is 0 Å². The molecule has 0 amide bonds. The summed E-state index contributed by atoms with van der Waals surface area (Å²) in [6.07, 6.45) is 0. The summed E-state index contributed by atoms with van der Waals surface area (Å²) >= 11 is 0. The summed E-state index contributed by atoms with van der Waals surface area (Å²) in [5, 5.41) is 12.0. The van der Waals surface area contributed by atoms with E-state index in [2.05, 4.69) is 16.1 Å². The Kier molecular flexibility index (Phi) is 5.13. The Morgan fingerprint density at radius 3 is 2.72 bits per heavy atom. The molecular formula is C12H17N3O2S. The predicted molar refractivity (Wildman–Crippen MR) is 71.8 cm³/mol. The van der Waals surface area contributed by atoms with Gasteiger partial charge in [0.25, 0.3) is 0 Å². The second-order valence-electron chi connectivity index (χ2n) is 3.85. The fourth-order valence-electron chi connectivity index (χ4n) is 1.60. The molecule has 1 aromatic carbocycles. The number of rotatable bonds is 6. The van der Waals surface area contributed by atoms with Crippen LogP contribution in [0.1, 0.15) is 18.1 Å². The van der Waals surface area contributed by atoms with Gasteiger partial charge in [-0.05, 0) is 18.6 Å². The number of nitriles is 1. The molecule has 0 saturated heterocycles. The first-order valence-corrected chi connectivity index (χ1v) is 7.36. The lowest BCUT2D eigenvalue weighted by atomic mass is 10.1. The zero-order chi connectivity index (χ0) is 13.6. The summed E-state index contributed by atoms with van der Waals surface area (Å²) < 4.78 is 25.3. The van der Waals surface area contributed by atoms with E-state index in [0.717, 1.165) is 5.56 Å². The molecule has 1 rings (SSSR count). The molecule has 0 radical (unpaired) electrons. The second kappa shape index (κ2) is 6.38. The number of benzene rings is 1. The van der Waals surface area contributed by atoms with Crippen LogP contribution < -0.4 is 10.0 Å². The minimum atomic E-state index is -3.23. The van der Waals surface area contributed by atoms with E-state index in [1.54, 1.807) is 19.1 Å². The van der Waals surface area contributed by atoms with Crippen LogP contribution in [0.4, 0.5) is 5.69 Å². The topological polar surface area (TPSA) is 82.0 Å². The van der Waals surface area contributed by atoms with Crippen LogP contribution in [0.5, 0.6) is 0 Å². The van der Waals surface area contributed by atoms with Crippen molar-refractivity contribution in [2.24, 2.45) is 0 Å². The van der Waals surface area contributed by atoms with Gasteiger partial charge in [0.1, 0.15) is 6.07 Å². The highest BCUT2D eigenvalue weighted by Crippen LogP contribution is 2.19. The number of sulfonamides is 1. The lowest BCUT2D eigenvalue weighted by Crippen LogP contribution is -2.29. The van der Waals surface area contributed by atoms with Crippen molar-refractivity contribution in [1.29, 1.82) is 5.26 Å². The third-order valence-corrected chi connectivity index (χ3v) is 3.90. The first-order valence-electron chi connectivity index (χ1n) is 5.71. The molecular weight excluding hydrogens is 250 g/mol. The van der Waals surface area contributed by atoms with Crippen molar-refractivity contribution in [1.82, 2.24) is 4.72 Å². The van der Waals surface area contributed by atoms with Gasteiger partial charge >= 0.3 is 0 Å². The largest absolute Gasteiger partial charge is 0.383 e. The Bertz CT molecular complexity index is 547. The third-order valence-electron chi connectivity index (χ3n) is 2.43. The minimum absolute atomic E-state index is 0.0138. The zero-order valence-corrected chi connectivity index (χ0v) is 11.3. The number of nitrogens with one attached hydrogen (secondary N) is 2. The quantitative estimate of drug-likeness (QED) is 0.812. The van der Waals surface area contributed by atoms with Crippen LogP contribution in [0.3, 0.4) is 0 Å². The predicted octanol–water partition coefficient (Wildman–Crippen LogP) is 1.22. The molecule has 1 aromatic rings. The maximum Gasteiger partial charge on any atom is 0.213 e. The van der Waals surface area contributed by atoms with Gasteiger partial charge in [-0.25, -0.2) is 13.1 Å². The van der Waals surface area contributed by atoms with E-state index in [9.17, 15) is 8.42 Å². The van der Waals surface area contributed by atoms with Gasteiger partial charge in [0, 0.05) is 13.1 Å². The number of para-hydroxylation sites is 1. The SMILES string of the molecule is CCNS(=O)(=O)CCNc1c(C)cccc1C#N. The van der Waals surface area contributed by atoms with Crippen molar-refractivity contribution in [3.05, 3.63) is 29.3 Å². The van der Waals surface area contributed by atoms with Crippen LogP contribution in [0.2, 0.25) is 0 Å². The van der Waals surface area contributed by atoms with E-state index in [-0.39, 0.29) is 12.3 Å². The molecule has 2 N–H and O–H groups in total. The molecule has 0 saturated carbocycles. The van der Waals surface area contributed by atoms with Gasteiger partial charge in [-0.1, -0.05) is 19.1 Å². The van der Waals surface area contributed by atoms with Gasteiger partial charge in [-0.15, -0.1) is 0 Å². The standard InChI is InChI=1S/C12H17N3O2S/c1-3-15-18(16,17)8-7-14-12-10(2)5-4-6-11(12)9-13/h4-6,14-15H,3,7-8H2,1-2H3. The number of anilines is 1. The van der Waals surface area contributed by atoms with E-state index in [1.807, 2.05) is 13.0 Å². The first-order chi connectivity index (χ1) is 8.50. The van der Waals surface area contributed by atoms with Crippen LogP contribution in [-0.4, -0.2) is 27.3 Å². The van der Waals surface area contributed by atoms with Crippen molar-refractivity contribution in [3.63, 3.8) is 0 Å². The Balaban J connectivity index is 2.68. The van der Waals surface area contributed by atoms with E-state index in [1.165, 1.54) is 0 Å². The molecule has 0 heterocycles. The monoisotopic (exact) mass is 267 g/mol. The summed E-state index contributed by atoms with van der Waals surface area (Å²) in [5.41, 5.74) is 2.15. The molecule has 0 aliphatic rings. The number of hydrogen-bond acceptors (Lipinski definition) is 4. The summed E-state index contributed by atoms with van der Waals surface area (Å²) in [4.78, 5) is 0. The lowest BCUT2D eigenvalue weighted by molar-refractivity contribution is 0.584. The molecule has 0 fully saturated rings. The molecule has 18 heavy (non-hydrogen) atoms. The Morgan fingerprint density at radius 1 is 1.39 bits per heavy atom. The average Bonchev–Trinajstić information content (AvgIpc) is 2.30. The smallest absolute Gasteiger partial charge is 0.213 e. The van der Waals surface area contributed by atoms with Crippen LogP contribution >= 0.6 is 0 Å². The van der Waals surface area contributed by atoms with Gasteiger partial charge in [-0.2, -0.15) is 5.26 Å². The number of hydrogen-bond donors (Lipinski definition) is 2. The van der Waals surface area contributed by atoms with Crippen molar-refractivity contribution in [3.8, 4) is 6.07 Å². The lowest BCUT2D eigenvalue weighted by Gasteiger charge is -2.11. The maximum atomic E-state index is 11.4. The normalized spacial score (nSPS) is 10.9. The molecule has 6 heteroatoms. The van der Waals surface area contributed by atoms with E-state index < -0.39 is 10.0 Å². The molecule has 0 spiro atoms. The summed E-state index contributed by atoms with van der Waals surface area (Å²) in [6.45, 7) is 4.27. The van der Waals surface area contributed by atoms with Gasteiger partial charge in [-0.3, -0.25) is 0 Å². The van der Waals surface area contributed by atoms with E-state index in [4.69, 9.17) is 5.26 Å². The fraction of sp³-hybridized carbons (Fsp3) is 0.417. The Labute approximate surface area is 108 Å². The molecule has 0 bridgehead atoms. The van der Waals surface area contributed by atoms with Crippen molar-refractivity contribution >= 4 is 15.7 Å². The van der Waals surface area contributed by atoms with Gasteiger partial charge in [0.15, 0.2) is 0 Å². The third kappa shape index (κ3) is 4.02. The summed E-state index contributed by atoms with van der Waals surface area (Å²) in [5.74, 6) is -0.0138. The minimum Gasteiger partial charge on any atom is -0.383 e. The van der Waals surface area contributed by atoms with Crippen molar-refractivity contribution < 1.29 is 8.42 Å². The van der Waals surface area contributed by atoms with Crippen molar-refractivity contribution in [2.75, 3.05) is 24.2 Å². The highest BCUT2D eigenvalue weighted by Gasteiger charge is 2.09. The first kappa shape index (κ1) is 14.5. The molecule has 0 aliphatic heterocycles. The second-order valence-corrected chi connectivity index (χ2v) is 5.78. The average molecular weight is 267 g/mol. The molecule has 5 nitrogen and oxygen atoms in total. The van der Waals surface area contributed by atoms with Crippen LogP contribution in [0, 0.1) is 18.3 Å². The van der Waals surface area contributed by atoms with E-state index in [0.29, 0.717) is 17.8 Å². The van der Waals surface area contributed by atoms with E-state index >= 15 is 0 Å². The summed E-state index contributed by atoms with van der Waals surface area (Å²) in [6, 6.07) is 7.46. The highest BCUT2D eigenvalue weighted by molar-refractivity contribution is 7.89. The van der Waals surface area contributed by atoms with Gasteiger partial charge in [0.05, 0.1) is 17.0 Å². The Hall–Kier alpha value is -1.58. The summed E-state index contributed by atoms with van der Waals surface area (Å²) in [7, 11) is -3.23. The molecule has 98 valence electrons. The fourth-order valence-corrected chi connectivity index (χ4v) is 2.55. The zero-order valence-electron chi connectivity index (χ0n) is 10.5. The maximum absolute atomic E-state index is 11.4. The highest BCUT2D eigenvalue weighted by atomic mass is 32.2. The van der Waals surface area contributed by atoms with Gasteiger partial charge < -0.3 is 5.32 Å².